The van der Waals surface area contributed by atoms with Crippen LogP contribution in [-0.2, 0) is 6.54 Å². The highest BCUT2D eigenvalue weighted by Crippen LogP contribution is 2.35. The molecule has 1 saturated heterocycles. The van der Waals surface area contributed by atoms with E-state index in [1.165, 1.54) is 26.8 Å². The van der Waals surface area contributed by atoms with Gasteiger partial charge in [0.05, 0.1) is 17.6 Å². The Morgan fingerprint density at radius 1 is 1.52 bits per heavy atom. The van der Waals surface area contributed by atoms with Gasteiger partial charge in [0.2, 0.25) is 0 Å². The molecule has 2 aromatic rings. The molecule has 0 amide bonds. The second-order valence-corrected chi connectivity index (χ2v) is 7.25. The second-order valence-electron chi connectivity index (χ2n) is 5.93. The minimum absolute atomic E-state index is 0.0506. The maximum Gasteiger partial charge on any atom is 0.306 e. The van der Waals surface area contributed by atoms with E-state index in [0.717, 1.165) is 19.4 Å². The van der Waals surface area contributed by atoms with Gasteiger partial charge in [-0.2, -0.15) is 5.10 Å². The zero-order valence-corrected chi connectivity index (χ0v) is 13.8. The molecule has 0 aliphatic carbocycles. The Bertz CT molecular complexity index is 684. The molecular weight excluding hydrogens is 316 g/mol. The van der Waals surface area contributed by atoms with E-state index >= 15 is 0 Å². The van der Waals surface area contributed by atoms with Gasteiger partial charge in [-0.05, 0) is 38.4 Å². The van der Waals surface area contributed by atoms with Gasteiger partial charge in [-0.1, -0.05) is 0 Å². The van der Waals surface area contributed by atoms with Gasteiger partial charge in [-0.25, -0.2) is 0 Å². The summed E-state index contributed by atoms with van der Waals surface area (Å²) in [5, 5.41) is 24.9. The van der Waals surface area contributed by atoms with Crippen LogP contribution in [0.1, 0.15) is 28.6 Å². The van der Waals surface area contributed by atoms with Crippen molar-refractivity contribution in [1.29, 1.82) is 0 Å². The quantitative estimate of drug-likeness (QED) is 0.646. The van der Waals surface area contributed by atoms with E-state index in [9.17, 15) is 15.2 Å². The minimum Gasteiger partial charge on any atom is -0.390 e. The van der Waals surface area contributed by atoms with E-state index in [1.807, 2.05) is 11.3 Å². The fourth-order valence-electron chi connectivity index (χ4n) is 3.09. The van der Waals surface area contributed by atoms with Gasteiger partial charge in [-0.3, -0.25) is 19.7 Å². The summed E-state index contributed by atoms with van der Waals surface area (Å²) < 4.78 is 1.43. The van der Waals surface area contributed by atoms with Crippen LogP contribution in [0.15, 0.2) is 24.5 Å². The first kappa shape index (κ1) is 16.1. The van der Waals surface area contributed by atoms with Gasteiger partial charge >= 0.3 is 5.69 Å². The standard InChI is InChI=1S/C15H20N4O3S/c1-11-4-5-15(23-11)14-3-2-6-17(14)9-13(20)10-18-8-12(7-16-18)19(21)22/h4-5,7-8,13-14,20H,2-3,6,9-10H2,1H3/t13-,14-/m1/s1. The van der Waals surface area contributed by atoms with Crippen LogP contribution >= 0.6 is 11.3 Å². The van der Waals surface area contributed by atoms with E-state index in [1.54, 1.807) is 0 Å². The van der Waals surface area contributed by atoms with Crippen molar-refractivity contribution in [3.63, 3.8) is 0 Å². The lowest BCUT2D eigenvalue weighted by atomic mass is 10.2. The molecule has 0 aromatic carbocycles. The molecule has 3 heterocycles. The van der Waals surface area contributed by atoms with Crippen molar-refractivity contribution >= 4 is 17.0 Å². The van der Waals surface area contributed by atoms with E-state index in [-0.39, 0.29) is 12.2 Å². The van der Waals surface area contributed by atoms with Crippen molar-refractivity contribution in [2.45, 2.75) is 38.5 Å². The maximum absolute atomic E-state index is 10.7. The molecule has 0 radical (unpaired) electrons. The molecule has 2 atom stereocenters. The van der Waals surface area contributed by atoms with Gasteiger partial charge in [0.1, 0.15) is 12.4 Å². The number of aromatic nitrogens is 2. The van der Waals surface area contributed by atoms with Gasteiger partial charge in [-0.15, -0.1) is 11.3 Å². The number of nitro groups is 1. The zero-order chi connectivity index (χ0) is 16.4. The Balaban J connectivity index is 1.60. The third-order valence-electron chi connectivity index (χ3n) is 4.13. The molecule has 0 unspecified atom stereocenters. The summed E-state index contributed by atoms with van der Waals surface area (Å²) in [6.07, 6.45) is 4.20. The van der Waals surface area contributed by atoms with Crippen LogP contribution in [-0.4, -0.2) is 43.9 Å². The lowest BCUT2D eigenvalue weighted by Crippen LogP contribution is -2.34. The summed E-state index contributed by atoms with van der Waals surface area (Å²) in [5.41, 5.74) is -0.0506. The average Bonchev–Trinajstić information content (AvgIpc) is 3.19. The van der Waals surface area contributed by atoms with E-state index in [4.69, 9.17) is 0 Å². The SMILES string of the molecule is Cc1ccc([C@H]2CCCN2C[C@@H](O)Cn2cc([N+](=O)[O-])cn2)s1. The lowest BCUT2D eigenvalue weighted by molar-refractivity contribution is -0.385. The van der Waals surface area contributed by atoms with Gasteiger partial charge < -0.3 is 5.11 Å². The van der Waals surface area contributed by atoms with Crippen LogP contribution in [0.4, 0.5) is 5.69 Å². The van der Waals surface area contributed by atoms with Crippen LogP contribution in [0.5, 0.6) is 0 Å². The molecule has 1 aliphatic heterocycles. The minimum atomic E-state index is -0.601. The fraction of sp³-hybridized carbons (Fsp3) is 0.533. The fourth-order valence-corrected chi connectivity index (χ4v) is 4.14. The Hall–Kier alpha value is -1.77. The van der Waals surface area contributed by atoms with Gasteiger partial charge in [0, 0.05) is 22.3 Å². The normalized spacial score (nSPS) is 20.0. The third kappa shape index (κ3) is 3.77. The average molecular weight is 336 g/mol. The van der Waals surface area contributed by atoms with Crippen molar-refractivity contribution in [2.75, 3.05) is 13.1 Å². The first-order valence-corrected chi connectivity index (χ1v) is 8.50. The van der Waals surface area contributed by atoms with Crippen LogP contribution in [0.25, 0.3) is 0 Å². The smallest absolute Gasteiger partial charge is 0.306 e. The van der Waals surface area contributed by atoms with E-state index in [2.05, 4.69) is 29.1 Å². The molecule has 23 heavy (non-hydrogen) atoms. The van der Waals surface area contributed by atoms with Gasteiger partial charge in [0.15, 0.2) is 0 Å². The number of thiophene rings is 1. The molecule has 7 nitrogen and oxygen atoms in total. The molecule has 0 spiro atoms. The Labute approximate surface area is 138 Å². The number of aliphatic hydroxyl groups excluding tert-OH is 1. The van der Waals surface area contributed by atoms with Crippen molar-refractivity contribution in [2.24, 2.45) is 0 Å². The van der Waals surface area contributed by atoms with Crippen LogP contribution in [0.2, 0.25) is 0 Å². The monoisotopic (exact) mass is 336 g/mol. The van der Waals surface area contributed by atoms with Crippen molar-refractivity contribution < 1.29 is 10.0 Å². The van der Waals surface area contributed by atoms with E-state index < -0.39 is 11.0 Å². The molecule has 1 aliphatic rings. The molecule has 124 valence electrons. The summed E-state index contributed by atoms with van der Waals surface area (Å²) in [6, 6.07) is 4.68. The molecule has 0 bridgehead atoms. The highest BCUT2D eigenvalue weighted by Gasteiger charge is 2.28. The number of aliphatic hydroxyl groups is 1. The highest BCUT2D eigenvalue weighted by molar-refractivity contribution is 7.12. The van der Waals surface area contributed by atoms with Crippen LogP contribution < -0.4 is 0 Å². The first-order valence-electron chi connectivity index (χ1n) is 7.68. The maximum atomic E-state index is 10.7. The number of nitrogens with zero attached hydrogens (tertiary/aromatic N) is 4. The summed E-state index contributed by atoms with van der Waals surface area (Å²) in [5.74, 6) is 0. The van der Waals surface area contributed by atoms with Gasteiger partial charge in [0.25, 0.3) is 0 Å². The number of aryl methyl sites for hydroxylation is 1. The molecule has 0 saturated carbocycles. The second kappa shape index (κ2) is 6.77. The Morgan fingerprint density at radius 2 is 2.35 bits per heavy atom. The molecule has 8 heteroatoms. The predicted molar refractivity (Wildman–Crippen MR) is 87.5 cm³/mol. The predicted octanol–water partition coefficient (Wildman–Crippen LogP) is 2.36. The van der Waals surface area contributed by atoms with Crippen molar-refractivity contribution in [3.05, 3.63) is 44.4 Å². The largest absolute Gasteiger partial charge is 0.390 e. The third-order valence-corrected chi connectivity index (χ3v) is 5.23. The summed E-state index contributed by atoms with van der Waals surface area (Å²) >= 11 is 1.81. The Kier molecular flexibility index (Phi) is 4.74. The molecular formula is C15H20N4O3S. The topological polar surface area (TPSA) is 84.4 Å². The number of likely N-dealkylation sites (tertiary alicyclic amines) is 1. The first-order chi connectivity index (χ1) is 11.0. The van der Waals surface area contributed by atoms with Crippen LogP contribution in [0, 0.1) is 17.0 Å². The highest BCUT2D eigenvalue weighted by atomic mass is 32.1. The number of hydrogen-bond acceptors (Lipinski definition) is 6. The molecule has 3 rings (SSSR count). The molecule has 2 aromatic heterocycles. The zero-order valence-electron chi connectivity index (χ0n) is 13.0. The molecule has 1 N–H and O–H groups in total. The Morgan fingerprint density at radius 3 is 3.00 bits per heavy atom. The van der Waals surface area contributed by atoms with Crippen molar-refractivity contribution in [1.82, 2.24) is 14.7 Å². The summed E-state index contributed by atoms with van der Waals surface area (Å²) in [4.78, 5) is 15.1. The van der Waals surface area contributed by atoms with E-state index in [0.29, 0.717) is 12.6 Å². The van der Waals surface area contributed by atoms with Crippen LogP contribution in [0.3, 0.4) is 0 Å². The summed E-state index contributed by atoms with van der Waals surface area (Å²) in [7, 11) is 0. The van der Waals surface area contributed by atoms with Crippen molar-refractivity contribution in [3.8, 4) is 0 Å². The summed E-state index contributed by atoms with van der Waals surface area (Å²) in [6.45, 7) is 3.89. The number of hydrogen-bond donors (Lipinski definition) is 1. The lowest BCUT2D eigenvalue weighted by Gasteiger charge is -2.26. The number of β-amino-alcohol motifs (C(OH)–C–C–N with tert-alkyl or cyclic N) is 1. The number of rotatable bonds is 6. The molecule has 1 fully saturated rings.